The molecule has 4 nitrogen and oxygen atoms in total. The zero-order valence-corrected chi connectivity index (χ0v) is 24.4. The third kappa shape index (κ3) is 7.52. The Morgan fingerprint density at radius 3 is 1.12 bits per heavy atom. The fourth-order valence-electron chi connectivity index (χ4n) is 5.84. The Labute approximate surface area is 208 Å². The van der Waals surface area contributed by atoms with E-state index in [9.17, 15) is 0 Å². The van der Waals surface area contributed by atoms with Gasteiger partial charge in [0, 0.05) is 57.3 Å². The van der Waals surface area contributed by atoms with Crippen molar-refractivity contribution in [3.63, 3.8) is 0 Å². The fraction of sp³-hybridized carbons (Fsp3) is 1.00. The van der Waals surface area contributed by atoms with E-state index in [1.54, 1.807) is 0 Å². The van der Waals surface area contributed by atoms with Crippen LogP contribution < -0.4 is 0 Å². The van der Waals surface area contributed by atoms with Crippen molar-refractivity contribution in [3.05, 3.63) is 0 Å². The van der Waals surface area contributed by atoms with Crippen molar-refractivity contribution >= 4 is 22.0 Å². The largest absolute Gasteiger partial charge is 0.378 e. The first-order valence-electron chi connectivity index (χ1n) is 12.9. The number of hydrogen-bond donors (Lipinski definition) is 0. The molecule has 0 saturated carbocycles. The van der Waals surface area contributed by atoms with Crippen LogP contribution in [-0.2, 0) is 9.47 Å². The predicted octanol–water partition coefficient (Wildman–Crippen LogP) is 7.87. The van der Waals surface area contributed by atoms with Gasteiger partial charge in [0.2, 0.25) is 0 Å². The van der Waals surface area contributed by atoms with E-state index in [1.807, 2.05) is 22.0 Å². The minimum atomic E-state index is 0.0895. The maximum Gasteiger partial charge on any atom is 0.0610 e. The first-order valence-corrected chi connectivity index (χ1v) is 15.0. The average molecular weight is 489 g/mol. The smallest absolute Gasteiger partial charge is 0.0610 e. The van der Waals surface area contributed by atoms with Gasteiger partial charge in [-0.2, -0.15) is 0 Å². The highest BCUT2D eigenvalue weighted by Crippen LogP contribution is 2.53. The van der Waals surface area contributed by atoms with Crippen LogP contribution in [-0.4, -0.2) is 56.2 Å². The molecular formula is C26H52N2O2S2. The monoisotopic (exact) mass is 488 g/mol. The highest BCUT2D eigenvalue weighted by molar-refractivity contribution is 8.74. The molecule has 6 heteroatoms. The maximum atomic E-state index is 6.29. The molecule has 0 bridgehead atoms. The van der Waals surface area contributed by atoms with Crippen molar-refractivity contribution in [2.75, 3.05) is 13.2 Å². The van der Waals surface area contributed by atoms with Crippen molar-refractivity contribution in [2.24, 2.45) is 0 Å². The van der Waals surface area contributed by atoms with E-state index >= 15 is 0 Å². The normalized spacial score (nSPS) is 26.4. The summed E-state index contributed by atoms with van der Waals surface area (Å²) in [5.41, 5.74) is 0.358. The molecule has 0 unspecified atom stereocenters. The highest BCUT2D eigenvalue weighted by Gasteiger charge is 2.50. The van der Waals surface area contributed by atoms with E-state index < -0.39 is 0 Å². The third-order valence-corrected chi connectivity index (χ3v) is 10.4. The highest BCUT2D eigenvalue weighted by atomic mass is 33.1. The Hall–Kier alpha value is 0.540. The van der Waals surface area contributed by atoms with Crippen molar-refractivity contribution in [3.8, 4) is 0 Å². The van der Waals surface area contributed by atoms with Crippen LogP contribution in [0.4, 0.5) is 0 Å². The first kappa shape index (κ1) is 28.8. The molecule has 0 aromatic rings. The molecule has 190 valence electrons. The van der Waals surface area contributed by atoms with E-state index in [2.05, 4.69) is 77.8 Å². The Morgan fingerprint density at radius 1 is 0.594 bits per heavy atom. The molecule has 0 radical (unpaired) electrons. The van der Waals surface area contributed by atoms with E-state index in [-0.39, 0.29) is 22.2 Å². The Kier molecular flexibility index (Phi) is 10.4. The summed E-state index contributed by atoms with van der Waals surface area (Å²) >= 11 is 0. The van der Waals surface area contributed by atoms with Gasteiger partial charge >= 0.3 is 0 Å². The molecule has 0 atom stereocenters. The molecule has 2 heterocycles. The van der Waals surface area contributed by atoms with Crippen molar-refractivity contribution in [1.82, 2.24) is 8.61 Å². The van der Waals surface area contributed by atoms with E-state index in [1.165, 1.54) is 12.8 Å². The van der Waals surface area contributed by atoms with Gasteiger partial charge in [-0.1, -0.05) is 26.7 Å². The lowest BCUT2D eigenvalue weighted by molar-refractivity contribution is -0.0620. The van der Waals surface area contributed by atoms with Crippen LogP contribution in [0, 0.1) is 0 Å². The SMILES string of the molecule is CCCCOC1CC(C)(C)N(SSN2C(C)(C)CC(OCCCC)CC2(C)C)C(C)(C)C1. The molecule has 2 rings (SSSR count). The van der Waals surface area contributed by atoms with Gasteiger partial charge in [0.25, 0.3) is 0 Å². The Morgan fingerprint density at radius 2 is 0.875 bits per heavy atom. The molecule has 32 heavy (non-hydrogen) atoms. The summed E-state index contributed by atoms with van der Waals surface area (Å²) in [6.07, 6.45) is 9.80. The second kappa shape index (κ2) is 11.5. The van der Waals surface area contributed by atoms with Gasteiger partial charge in [-0.15, -0.1) is 0 Å². The van der Waals surface area contributed by atoms with Gasteiger partial charge in [-0.05, 0) is 93.9 Å². The second-order valence-corrected chi connectivity index (χ2v) is 14.4. The maximum absolute atomic E-state index is 6.29. The van der Waals surface area contributed by atoms with Gasteiger partial charge in [0.1, 0.15) is 0 Å². The molecule has 0 N–H and O–H groups in total. The van der Waals surface area contributed by atoms with Gasteiger partial charge in [0.05, 0.1) is 12.2 Å². The van der Waals surface area contributed by atoms with Crippen LogP contribution in [0.5, 0.6) is 0 Å². The number of unbranched alkanes of at least 4 members (excludes halogenated alkanes) is 2. The number of nitrogens with zero attached hydrogens (tertiary/aromatic N) is 2. The molecule has 2 saturated heterocycles. The number of ether oxygens (including phenoxy) is 2. The summed E-state index contributed by atoms with van der Waals surface area (Å²) in [6.45, 7) is 25.4. The standard InChI is InChI=1S/C26H52N2O2S2/c1-11-13-15-29-21-17-23(3,4)27(24(5,6)18-21)31-32-28-25(7,8)19-22(20-26(28,9)10)30-16-14-12-2/h21-22H,11-20H2,1-10H3. The van der Waals surface area contributed by atoms with Crippen LogP contribution in [0.3, 0.4) is 0 Å². The van der Waals surface area contributed by atoms with Crippen molar-refractivity contribution in [1.29, 1.82) is 0 Å². The summed E-state index contributed by atoms with van der Waals surface area (Å²) < 4.78 is 17.9. The van der Waals surface area contributed by atoms with Crippen LogP contribution >= 0.6 is 22.0 Å². The Balaban J connectivity index is 2.04. The van der Waals surface area contributed by atoms with Crippen molar-refractivity contribution in [2.45, 2.75) is 155 Å². The van der Waals surface area contributed by atoms with Gasteiger partial charge < -0.3 is 9.47 Å². The lowest BCUT2D eigenvalue weighted by atomic mass is 9.81. The average Bonchev–Trinajstić information content (AvgIpc) is 2.61. The molecule has 0 amide bonds. The fourth-order valence-corrected chi connectivity index (χ4v) is 9.90. The summed E-state index contributed by atoms with van der Waals surface area (Å²) in [7, 11) is 3.91. The van der Waals surface area contributed by atoms with Gasteiger partial charge in [-0.3, -0.25) is 0 Å². The molecule has 0 aromatic heterocycles. The van der Waals surface area contributed by atoms with Gasteiger partial charge in [-0.25, -0.2) is 8.61 Å². The van der Waals surface area contributed by atoms with Gasteiger partial charge in [0.15, 0.2) is 0 Å². The summed E-state index contributed by atoms with van der Waals surface area (Å²) in [6, 6.07) is 0. The zero-order valence-electron chi connectivity index (χ0n) is 22.8. The van der Waals surface area contributed by atoms with E-state index in [0.717, 1.165) is 51.7 Å². The van der Waals surface area contributed by atoms with Crippen LogP contribution in [0.2, 0.25) is 0 Å². The molecule has 2 aliphatic rings. The van der Waals surface area contributed by atoms with E-state index in [4.69, 9.17) is 9.47 Å². The second-order valence-electron chi connectivity index (χ2n) is 12.5. The zero-order chi connectivity index (χ0) is 24.2. The summed E-state index contributed by atoms with van der Waals surface area (Å²) in [5, 5.41) is 0. The number of piperidine rings is 2. The molecule has 2 aliphatic heterocycles. The van der Waals surface area contributed by atoms with Crippen LogP contribution in [0.25, 0.3) is 0 Å². The minimum Gasteiger partial charge on any atom is -0.378 e. The van der Waals surface area contributed by atoms with Crippen LogP contribution in [0.1, 0.15) is 121 Å². The quantitative estimate of drug-likeness (QED) is 0.167. The number of rotatable bonds is 11. The van der Waals surface area contributed by atoms with Crippen molar-refractivity contribution < 1.29 is 9.47 Å². The minimum absolute atomic E-state index is 0.0895. The molecule has 2 fully saturated rings. The molecule has 0 spiro atoms. The third-order valence-electron chi connectivity index (χ3n) is 6.99. The first-order chi connectivity index (χ1) is 14.7. The molecular weight excluding hydrogens is 436 g/mol. The Bertz CT molecular complexity index is 494. The van der Waals surface area contributed by atoms with Crippen LogP contribution in [0.15, 0.2) is 0 Å². The lowest BCUT2D eigenvalue weighted by Crippen LogP contribution is -2.60. The molecule has 0 aliphatic carbocycles. The number of hydrogen-bond acceptors (Lipinski definition) is 6. The van der Waals surface area contributed by atoms with E-state index in [0.29, 0.717) is 12.2 Å². The topological polar surface area (TPSA) is 24.9 Å². The summed E-state index contributed by atoms with van der Waals surface area (Å²) in [4.78, 5) is 0. The molecule has 0 aromatic carbocycles. The predicted molar refractivity (Wildman–Crippen MR) is 143 cm³/mol. The summed E-state index contributed by atoms with van der Waals surface area (Å²) in [5.74, 6) is 0. The lowest BCUT2D eigenvalue weighted by Gasteiger charge is -2.57.